The molecule has 0 aliphatic carbocycles. The standard InChI is InChI=1S/C13H29NO3/c1-13(2,6-9-15-3)12-14-7-5-8-17-11-10-16-4/h14H,5-12H2,1-4H3. The van der Waals surface area contributed by atoms with Gasteiger partial charge in [-0.25, -0.2) is 0 Å². The fourth-order valence-electron chi connectivity index (χ4n) is 1.44. The van der Waals surface area contributed by atoms with Crippen LogP contribution in [0.2, 0.25) is 0 Å². The average Bonchev–Trinajstić information content (AvgIpc) is 2.30. The van der Waals surface area contributed by atoms with Crippen LogP contribution in [-0.2, 0) is 14.2 Å². The molecule has 0 atom stereocenters. The van der Waals surface area contributed by atoms with Gasteiger partial charge in [0.15, 0.2) is 0 Å². The smallest absolute Gasteiger partial charge is 0.0700 e. The Morgan fingerprint density at radius 3 is 2.29 bits per heavy atom. The summed E-state index contributed by atoms with van der Waals surface area (Å²) < 4.78 is 15.4. The zero-order valence-electron chi connectivity index (χ0n) is 11.9. The molecule has 0 aromatic carbocycles. The first-order chi connectivity index (χ1) is 8.12. The number of rotatable bonds is 12. The van der Waals surface area contributed by atoms with Crippen molar-refractivity contribution in [3.8, 4) is 0 Å². The normalized spacial score (nSPS) is 12.0. The quantitative estimate of drug-likeness (QED) is 0.533. The van der Waals surface area contributed by atoms with E-state index in [2.05, 4.69) is 19.2 Å². The summed E-state index contributed by atoms with van der Waals surface area (Å²) in [5, 5.41) is 3.46. The Morgan fingerprint density at radius 1 is 0.941 bits per heavy atom. The lowest BCUT2D eigenvalue weighted by Crippen LogP contribution is -2.31. The topological polar surface area (TPSA) is 39.7 Å². The molecule has 0 amide bonds. The van der Waals surface area contributed by atoms with Gasteiger partial charge in [-0.1, -0.05) is 13.8 Å². The van der Waals surface area contributed by atoms with Crippen molar-refractivity contribution in [1.29, 1.82) is 0 Å². The molecule has 0 unspecified atom stereocenters. The van der Waals surface area contributed by atoms with Crippen LogP contribution in [0.3, 0.4) is 0 Å². The number of hydrogen-bond donors (Lipinski definition) is 1. The molecule has 0 bridgehead atoms. The van der Waals surface area contributed by atoms with E-state index in [1.54, 1.807) is 14.2 Å². The van der Waals surface area contributed by atoms with Gasteiger partial charge in [0.2, 0.25) is 0 Å². The van der Waals surface area contributed by atoms with Gasteiger partial charge < -0.3 is 19.5 Å². The first-order valence-corrected chi connectivity index (χ1v) is 6.39. The Balaban J connectivity index is 3.26. The molecule has 4 nitrogen and oxygen atoms in total. The third-order valence-corrected chi connectivity index (χ3v) is 2.66. The van der Waals surface area contributed by atoms with Crippen LogP contribution >= 0.6 is 0 Å². The van der Waals surface area contributed by atoms with Gasteiger partial charge in [-0.3, -0.25) is 0 Å². The van der Waals surface area contributed by atoms with Crippen LogP contribution in [0, 0.1) is 5.41 Å². The predicted octanol–water partition coefficient (Wildman–Crippen LogP) is 1.69. The molecule has 0 radical (unpaired) electrons. The van der Waals surface area contributed by atoms with E-state index < -0.39 is 0 Å². The molecule has 0 rings (SSSR count). The maximum atomic E-state index is 5.39. The molecule has 0 aliphatic rings. The molecule has 0 saturated heterocycles. The van der Waals surface area contributed by atoms with Crippen molar-refractivity contribution in [2.24, 2.45) is 5.41 Å². The molecule has 0 aromatic rings. The van der Waals surface area contributed by atoms with E-state index in [1.807, 2.05) is 0 Å². The van der Waals surface area contributed by atoms with Gasteiger partial charge in [-0.2, -0.15) is 0 Å². The SMILES string of the molecule is COCCOCCCNCC(C)(C)CCOC. The summed E-state index contributed by atoms with van der Waals surface area (Å²) in [5.41, 5.74) is 0.299. The van der Waals surface area contributed by atoms with E-state index in [0.717, 1.165) is 39.1 Å². The minimum atomic E-state index is 0.299. The lowest BCUT2D eigenvalue weighted by Gasteiger charge is -2.24. The number of ether oxygens (including phenoxy) is 3. The van der Waals surface area contributed by atoms with Gasteiger partial charge in [-0.15, -0.1) is 0 Å². The Morgan fingerprint density at radius 2 is 1.65 bits per heavy atom. The number of nitrogens with one attached hydrogen (secondary N) is 1. The van der Waals surface area contributed by atoms with Gasteiger partial charge >= 0.3 is 0 Å². The Hall–Kier alpha value is -0.160. The monoisotopic (exact) mass is 247 g/mol. The van der Waals surface area contributed by atoms with E-state index in [1.165, 1.54) is 0 Å². The molecule has 1 N–H and O–H groups in total. The van der Waals surface area contributed by atoms with Crippen LogP contribution in [0.1, 0.15) is 26.7 Å². The first-order valence-electron chi connectivity index (χ1n) is 6.39. The van der Waals surface area contributed by atoms with Crippen LogP contribution in [-0.4, -0.2) is 53.7 Å². The van der Waals surface area contributed by atoms with E-state index >= 15 is 0 Å². The molecule has 0 aromatic heterocycles. The number of hydrogen-bond acceptors (Lipinski definition) is 4. The molecule has 0 spiro atoms. The fourth-order valence-corrected chi connectivity index (χ4v) is 1.44. The molecule has 0 saturated carbocycles. The van der Waals surface area contributed by atoms with Crippen LogP contribution in [0.25, 0.3) is 0 Å². The summed E-state index contributed by atoms with van der Waals surface area (Å²) in [6.07, 6.45) is 2.13. The zero-order valence-corrected chi connectivity index (χ0v) is 11.9. The average molecular weight is 247 g/mol. The Kier molecular flexibility index (Phi) is 10.9. The van der Waals surface area contributed by atoms with Crippen molar-refractivity contribution in [3.05, 3.63) is 0 Å². The minimum absolute atomic E-state index is 0.299. The highest BCUT2D eigenvalue weighted by Crippen LogP contribution is 2.18. The summed E-state index contributed by atoms with van der Waals surface area (Å²) in [5.74, 6) is 0. The zero-order chi connectivity index (χ0) is 13.0. The highest BCUT2D eigenvalue weighted by molar-refractivity contribution is 4.71. The summed E-state index contributed by atoms with van der Waals surface area (Å²) in [4.78, 5) is 0. The molecule has 17 heavy (non-hydrogen) atoms. The Bertz CT molecular complexity index is 163. The van der Waals surface area contributed by atoms with Crippen molar-refractivity contribution in [1.82, 2.24) is 5.32 Å². The van der Waals surface area contributed by atoms with Crippen molar-refractivity contribution in [2.45, 2.75) is 26.7 Å². The highest BCUT2D eigenvalue weighted by atomic mass is 16.5. The maximum Gasteiger partial charge on any atom is 0.0700 e. The van der Waals surface area contributed by atoms with Gasteiger partial charge in [-0.05, 0) is 24.8 Å². The highest BCUT2D eigenvalue weighted by Gasteiger charge is 2.16. The van der Waals surface area contributed by atoms with E-state index in [9.17, 15) is 0 Å². The predicted molar refractivity (Wildman–Crippen MR) is 70.5 cm³/mol. The summed E-state index contributed by atoms with van der Waals surface area (Å²) in [6.45, 7) is 9.54. The van der Waals surface area contributed by atoms with E-state index in [0.29, 0.717) is 18.6 Å². The second kappa shape index (κ2) is 11.0. The van der Waals surface area contributed by atoms with Gasteiger partial charge in [0.25, 0.3) is 0 Å². The summed E-state index contributed by atoms with van der Waals surface area (Å²) in [6, 6.07) is 0. The van der Waals surface area contributed by atoms with Crippen molar-refractivity contribution >= 4 is 0 Å². The minimum Gasteiger partial charge on any atom is -0.385 e. The maximum absolute atomic E-state index is 5.39. The summed E-state index contributed by atoms with van der Waals surface area (Å²) in [7, 11) is 3.44. The molecule has 0 heterocycles. The molecule has 104 valence electrons. The lowest BCUT2D eigenvalue weighted by atomic mass is 9.90. The van der Waals surface area contributed by atoms with Crippen molar-refractivity contribution < 1.29 is 14.2 Å². The van der Waals surface area contributed by atoms with E-state index in [-0.39, 0.29) is 0 Å². The molecule has 4 heteroatoms. The molecular weight excluding hydrogens is 218 g/mol. The third kappa shape index (κ3) is 12.1. The first kappa shape index (κ1) is 16.8. The third-order valence-electron chi connectivity index (χ3n) is 2.66. The molecular formula is C13H29NO3. The van der Waals surface area contributed by atoms with Crippen LogP contribution in [0.5, 0.6) is 0 Å². The molecule has 0 fully saturated rings. The van der Waals surface area contributed by atoms with Crippen LogP contribution < -0.4 is 5.32 Å². The second-order valence-electron chi connectivity index (χ2n) is 5.04. The molecule has 0 aliphatic heterocycles. The second-order valence-corrected chi connectivity index (χ2v) is 5.04. The fraction of sp³-hybridized carbons (Fsp3) is 1.00. The van der Waals surface area contributed by atoms with Crippen LogP contribution in [0.4, 0.5) is 0 Å². The van der Waals surface area contributed by atoms with Crippen molar-refractivity contribution in [3.63, 3.8) is 0 Å². The number of methoxy groups -OCH3 is 2. The van der Waals surface area contributed by atoms with Gasteiger partial charge in [0.05, 0.1) is 13.2 Å². The van der Waals surface area contributed by atoms with E-state index in [4.69, 9.17) is 14.2 Å². The lowest BCUT2D eigenvalue weighted by molar-refractivity contribution is 0.0691. The van der Waals surface area contributed by atoms with Gasteiger partial charge in [0, 0.05) is 34.0 Å². The summed E-state index contributed by atoms with van der Waals surface area (Å²) >= 11 is 0. The largest absolute Gasteiger partial charge is 0.385 e. The van der Waals surface area contributed by atoms with Crippen LogP contribution in [0.15, 0.2) is 0 Å². The van der Waals surface area contributed by atoms with Gasteiger partial charge in [0.1, 0.15) is 0 Å². The van der Waals surface area contributed by atoms with Crippen molar-refractivity contribution in [2.75, 3.05) is 53.7 Å². The Labute approximate surface area is 106 Å².